The van der Waals surface area contributed by atoms with Gasteiger partial charge in [0.1, 0.15) is 0 Å². The van der Waals surface area contributed by atoms with Gasteiger partial charge in [0, 0.05) is 55.2 Å². The van der Waals surface area contributed by atoms with Crippen molar-refractivity contribution in [3.63, 3.8) is 0 Å². The summed E-state index contributed by atoms with van der Waals surface area (Å²) < 4.78 is 0. The van der Waals surface area contributed by atoms with Crippen LogP contribution in [0.2, 0.25) is 5.02 Å². The lowest BCUT2D eigenvalue weighted by molar-refractivity contribution is -0.132. The molecule has 1 aliphatic heterocycles. The van der Waals surface area contributed by atoms with Crippen molar-refractivity contribution in [1.29, 1.82) is 0 Å². The van der Waals surface area contributed by atoms with Crippen molar-refractivity contribution in [2.24, 2.45) is 0 Å². The summed E-state index contributed by atoms with van der Waals surface area (Å²) in [6.45, 7) is 1.97. The number of carbonyl (C=O) groups excluding carboxylic acids is 3. The highest BCUT2D eigenvalue weighted by molar-refractivity contribution is 6.30. The average molecular weight is 439 g/mol. The lowest BCUT2D eigenvalue weighted by Crippen LogP contribution is -2.50. The molecule has 0 unspecified atom stereocenters. The van der Waals surface area contributed by atoms with E-state index in [2.05, 4.69) is 6.07 Å². The number of halogens is 1. The van der Waals surface area contributed by atoms with Crippen molar-refractivity contribution in [3.05, 3.63) is 69.7 Å². The molecule has 0 spiro atoms. The Hall–Kier alpha value is -2.66. The number of aryl methyl sites for hydroxylation is 2. The summed E-state index contributed by atoms with van der Waals surface area (Å²) in [5.41, 5.74) is 3.95. The van der Waals surface area contributed by atoms with E-state index in [9.17, 15) is 14.4 Å². The molecule has 31 heavy (non-hydrogen) atoms. The monoisotopic (exact) mass is 438 g/mol. The minimum Gasteiger partial charge on any atom is -0.339 e. The van der Waals surface area contributed by atoms with Gasteiger partial charge < -0.3 is 9.80 Å². The van der Waals surface area contributed by atoms with Crippen LogP contribution in [-0.4, -0.2) is 53.6 Å². The topological polar surface area (TPSA) is 57.7 Å². The van der Waals surface area contributed by atoms with E-state index < -0.39 is 0 Å². The summed E-state index contributed by atoms with van der Waals surface area (Å²) in [6.07, 6.45) is 4.95. The third-order valence-electron chi connectivity index (χ3n) is 6.25. The molecule has 1 heterocycles. The minimum atomic E-state index is -0.0497. The maximum atomic E-state index is 12.6. The molecule has 1 saturated heterocycles. The largest absolute Gasteiger partial charge is 0.339 e. The second-order valence-electron chi connectivity index (χ2n) is 8.29. The normalized spacial score (nSPS) is 16.0. The number of rotatable bonds is 5. The van der Waals surface area contributed by atoms with Crippen LogP contribution in [0.15, 0.2) is 42.5 Å². The maximum Gasteiger partial charge on any atom is 0.253 e. The third kappa shape index (κ3) is 5.16. The lowest BCUT2D eigenvalue weighted by atomic mass is 9.89. The van der Waals surface area contributed by atoms with E-state index in [1.165, 1.54) is 24.0 Å². The van der Waals surface area contributed by atoms with E-state index in [4.69, 9.17) is 11.6 Å². The second-order valence-corrected chi connectivity index (χ2v) is 8.73. The Kier molecular flexibility index (Phi) is 6.71. The summed E-state index contributed by atoms with van der Waals surface area (Å²) >= 11 is 5.89. The van der Waals surface area contributed by atoms with E-state index in [0.29, 0.717) is 42.3 Å². The van der Waals surface area contributed by atoms with Crippen LogP contribution in [0.25, 0.3) is 0 Å². The molecule has 0 bridgehead atoms. The first kappa shape index (κ1) is 21.6. The van der Waals surface area contributed by atoms with Crippen LogP contribution >= 0.6 is 11.6 Å². The van der Waals surface area contributed by atoms with Crippen LogP contribution in [0.3, 0.4) is 0 Å². The van der Waals surface area contributed by atoms with Crippen molar-refractivity contribution in [2.75, 3.05) is 26.2 Å². The van der Waals surface area contributed by atoms with Gasteiger partial charge in [-0.3, -0.25) is 14.4 Å². The zero-order valence-electron chi connectivity index (χ0n) is 17.6. The number of benzene rings is 2. The summed E-state index contributed by atoms with van der Waals surface area (Å²) in [4.78, 5) is 41.3. The molecule has 0 atom stereocenters. The number of hydrogen-bond acceptors (Lipinski definition) is 3. The molecule has 4 rings (SSSR count). The highest BCUT2D eigenvalue weighted by Crippen LogP contribution is 2.23. The quantitative estimate of drug-likeness (QED) is 0.658. The molecule has 2 aliphatic rings. The standard InChI is InChI=1S/C25H27ClN2O3/c26-22-9-7-19(8-10-22)25(31)28-15-13-27(14-16-28)24(30)12-11-23(29)21-6-5-18-3-1-2-4-20(18)17-21/h5-10,17H,1-4,11-16H2. The molecule has 5 nitrogen and oxygen atoms in total. The van der Waals surface area contributed by atoms with Gasteiger partial charge >= 0.3 is 0 Å². The Morgan fingerprint density at radius 1 is 0.742 bits per heavy atom. The maximum absolute atomic E-state index is 12.6. The zero-order chi connectivity index (χ0) is 21.8. The van der Waals surface area contributed by atoms with Crippen LogP contribution in [-0.2, 0) is 17.6 Å². The van der Waals surface area contributed by atoms with Gasteiger partial charge in [0.05, 0.1) is 0 Å². The van der Waals surface area contributed by atoms with Gasteiger partial charge in [-0.05, 0) is 67.1 Å². The van der Waals surface area contributed by atoms with Crippen molar-refractivity contribution < 1.29 is 14.4 Å². The van der Waals surface area contributed by atoms with Gasteiger partial charge in [-0.15, -0.1) is 0 Å². The molecule has 0 N–H and O–H groups in total. The number of fused-ring (bicyclic) bond motifs is 1. The van der Waals surface area contributed by atoms with Crippen molar-refractivity contribution >= 4 is 29.2 Å². The molecule has 6 heteroatoms. The summed E-state index contributed by atoms with van der Waals surface area (Å²) in [7, 11) is 0. The summed E-state index contributed by atoms with van der Waals surface area (Å²) in [5.74, 6) is -0.0467. The van der Waals surface area contributed by atoms with Gasteiger partial charge in [-0.2, -0.15) is 0 Å². The molecule has 2 amide bonds. The zero-order valence-corrected chi connectivity index (χ0v) is 18.4. The average Bonchev–Trinajstić information content (AvgIpc) is 2.82. The van der Waals surface area contributed by atoms with Crippen molar-refractivity contribution in [3.8, 4) is 0 Å². The molecular formula is C25H27ClN2O3. The molecule has 1 fully saturated rings. The van der Waals surface area contributed by atoms with Gasteiger partial charge in [0.15, 0.2) is 5.78 Å². The van der Waals surface area contributed by atoms with Gasteiger partial charge in [0.25, 0.3) is 5.91 Å². The van der Waals surface area contributed by atoms with Gasteiger partial charge in [0.2, 0.25) is 5.91 Å². The first-order valence-electron chi connectivity index (χ1n) is 11.0. The summed E-state index contributed by atoms with van der Waals surface area (Å²) in [6, 6.07) is 12.8. The van der Waals surface area contributed by atoms with Crippen LogP contribution in [0.1, 0.15) is 57.5 Å². The van der Waals surface area contributed by atoms with Gasteiger partial charge in [-0.25, -0.2) is 0 Å². The van der Waals surface area contributed by atoms with E-state index in [-0.39, 0.29) is 30.4 Å². The SMILES string of the molecule is O=C(CCC(=O)N1CCN(C(=O)c2ccc(Cl)cc2)CC1)c1ccc2c(c1)CCCC2. The number of hydrogen-bond donors (Lipinski definition) is 0. The number of ketones is 1. The first-order valence-corrected chi connectivity index (χ1v) is 11.4. The Bertz CT molecular complexity index is 979. The predicted molar refractivity (Wildman–Crippen MR) is 121 cm³/mol. The highest BCUT2D eigenvalue weighted by atomic mass is 35.5. The molecule has 2 aromatic rings. The number of piperazine rings is 1. The minimum absolute atomic E-state index is 0.0232. The predicted octanol–water partition coefficient (Wildman–Crippen LogP) is 4.17. The fourth-order valence-electron chi connectivity index (χ4n) is 4.36. The lowest BCUT2D eigenvalue weighted by Gasteiger charge is -2.35. The van der Waals surface area contributed by atoms with E-state index in [1.807, 2.05) is 12.1 Å². The van der Waals surface area contributed by atoms with E-state index in [1.54, 1.807) is 34.1 Å². The molecule has 1 aliphatic carbocycles. The number of Topliss-reactive ketones (excluding diaryl/α,β-unsaturated/α-hetero) is 1. The number of nitrogens with zero attached hydrogens (tertiary/aromatic N) is 2. The highest BCUT2D eigenvalue weighted by Gasteiger charge is 2.25. The molecule has 0 saturated carbocycles. The second kappa shape index (κ2) is 9.65. The Morgan fingerprint density at radius 3 is 2.06 bits per heavy atom. The molecule has 2 aromatic carbocycles. The van der Waals surface area contributed by atoms with Crippen molar-refractivity contribution in [2.45, 2.75) is 38.5 Å². The van der Waals surface area contributed by atoms with Crippen LogP contribution < -0.4 is 0 Å². The Labute approximate surface area is 188 Å². The van der Waals surface area contributed by atoms with Crippen LogP contribution in [0, 0.1) is 0 Å². The molecule has 0 radical (unpaired) electrons. The Morgan fingerprint density at radius 2 is 1.35 bits per heavy atom. The van der Waals surface area contributed by atoms with E-state index >= 15 is 0 Å². The first-order chi connectivity index (χ1) is 15.0. The fourth-order valence-corrected chi connectivity index (χ4v) is 4.49. The van der Waals surface area contributed by atoms with Gasteiger partial charge in [-0.1, -0.05) is 23.7 Å². The number of carbonyl (C=O) groups is 3. The molecule has 0 aromatic heterocycles. The summed E-state index contributed by atoms with van der Waals surface area (Å²) in [5, 5.41) is 0.594. The third-order valence-corrected chi connectivity index (χ3v) is 6.50. The van der Waals surface area contributed by atoms with E-state index in [0.717, 1.165) is 12.8 Å². The van der Waals surface area contributed by atoms with Crippen molar-refractivity contribution in [1.82, 2.24) is 9.80 Å². The molecular weight excluding hydrogens is 412 g/mol. The number of amides is 2. The fraction of sp³-hybridized carbons (Fsp3) is 0.400. The van der Waals surface area contributed by atoms with Crippen LogP contribution in [0.5, 0.6) is 0 Å². The smallest absolute Gasteiger partial charge is 0.253 e. The van der Waals surface area contributed by atoms with Crippen LogP contribution in [0.4, 0.5) is 0 Å². The molecule has 162 valence electrons. The Balaban J connectivity index is 1.26.